The predicted octanol–water partition coefficient (Wildman–Crippen LogP) is 1.02. The van der Waals surface area contributed by atoms with Gasteiger partial charge < -0.3 is 10.1 Å². The lowest BCUT2D eigenvalue weighted by molar-refractivity contribution is -0.142. The van der Waals surface area contributed by atoms with Gasteiger partial charge in [0, 0.05) is 13.2 Å². The molecule has 70 valence electrons. The zero-order valence-electron chi connectivity index (χ0n) is 6.91. The minimum atomic E-state index is -2.58. The number of halogens is 2. The standard InChI is InChI=1S/C8H13F2NO/c9-8(10)5-11-4-7(8)2-1-3-12-6-7/h11H,1-6H2. The molecule has 12 heavy (non-hydrogen) atoms. The van der Waals surface area contributed by atoms with Crippen molar-refractivity contribution in [3.8, 4) is 0 Å². The number of hydrogen-bond acceptors (Lipinski definition) is 2. The summed E-state index contributed by atoms with van der Waals surface area (Å²) < 4.78 is 31.8. The summed E-state index contributed by atoms with van der Waals surface area (Å²) in [6, 6.07) is 0. The van der Waals surface area contributed by atoms with Crippen molar-refractivity contribution in [2.45, 2.75) is 18.8 Å². The van der Waals surface area contributed by atoms with E-state index in [1.807, 2.05) is 0 Å². The molecule has 2 saturated heterocycles. The summed E-state index contributed by atoms with van der Waals surface area (Å²) in [5.74, 6) is -2.58. The van der Waals surface area contributed by atoms with Crippen molar-refractivity contribution in [2.75, 3.05) is 26.3 Å². The molecule has 2 aliphatic rings. The number of hydrogen-bond donors (Lipinski definition) is 1. The average molecular weight is 177 g/mol. The van der Waals surface area contributed by atoms with E-state index < -0.39 is 11.3 Å². The van der Waals surface area contributed by atoms with Gasteiger partial charge in [-0.25, -0.2) is 8.78 Å². The van der Waals surface area contributed by atoms with Crippen LogP contribution in [0.15, 0.2) is 0 Å². The topological polar surface area (TPSA) is 21.3 Å². The molecule has 0 aliphatic carbocycles. The summed E-state index contributed by atoms with van der Waals surface area (Å²) in [7, 11) is 0. The summed E-state index contributed by atoms with van der Waals surface area (Å²) in [5, 5.41) is 2.74. The van der Waals surface area contributed by atoms with Gasteiger partial charge in [-0.1, -0.05) is 0 Å². The first kappa shape index (κ1) is 8.38. The molecule has 0 aromatic rings. The molecule has 2 nitrogen and oxygen atoms in total. The summed E-state index contributed by atoms with van der Waals surface area (Å²) in [4.78, 5) is 0. The smallest absolute Gasteiger partial charge is 0.269 e. The van der Waals surface area contributed by atoms with E-state index in [1.54, 1.807) is 0 Å². The van der Waals surface area contributed by atoms with Gasteiger partial charge in [0.1, 0.15) is 0 Å². The Labute approximate surface area is 70.3 Å². The van der Waals surface area contributed by atoms with Gasteiger partial charge in [0.15, 0.2) is 0 Å². The zero-order chi connectivity index (χ0) is 8.66. The Morgan fingerprint density at radius 1 is 1.25 bits per heavy atom. The SMILES string of the molecule is FC1(F)CNCC12CCCOC2. The molecule has 0 amide bonds. The van der Waals surface area contributed by atoms with E-state index in [4.69, 9.17) is 4.74 Å². The van der Waals surface area contributed by atoms with Crippen LogP contribution in [0, 0.1) is 5.41 Å². The van der Waals surface area contributed by atoms with Crippen LogP contribution < -0.4 is 5.32 Å². The lowest BCUT2D eigenvalue weighted by Gasteiger charge is -2.36. The van der Waals surface area contributed by atoms with Crippen LogP contribution in [-0.2, 0) is 4.74 Å². The van der Waals surface area contributed by atoms with Crippen molar-refractivity contribution >= 4 is 0 Å². The number of alkyl halides is 2. The van der Waals surface area contributed by atoms with Gasteiger partial charge in [-0.05, 0) is 12.8 Å². The summed E-state index contributed by atoms with van der Waals surface area (Å²) in [6.07, 6.45) is 1.35. The van der Waals surface area contributed by atoms with E-state index in [9.17, 15) is 8.78 Å². The first-order valence-corrected chi connectivity index (χ1v) is 4.33. The maximum Gasteiger partial charge on any atom is 0.269 e. The molecule has 0 saturated carbocycles. The second-order valence-corrected chi connectivity index (χ2v) is 3.74. The van der Waals surface area contributed by atoms with E-state index in [-0.39, 0.29) is 13.2 Å². The summed E-state index contributed by atoms with van der Waals surface area (Å²) >= 11 is 0. The van der Waals surface area contributed by atoms with Gasteiger partial charge in [-0.15, -0.1) is 0 Å². The molecule has 0 aromatic heterocycles. The minimum absolute atomic E-state index is 0.184. The van der Waals surface area contributed by atoms with Crippen molar-refractivity contribution in [3.63, 3.8) is 0 Å². The molecule has 0 bridgehead atoms. The third-order valence-electron chi connectivity index (χ3n) is 2.91. The van der Waals surface area contributed by atoms with Crippen molar-refractivity contribution in [3.05, 3.63) is 0 Å². The zero-order valence-corrected chi connectivity index (χ0v) is 6.91. The molecule has 2 heterocycles. The summed E-state index contributed by atoms with van der Waals surface area (Å²) in [6.45, 7) is 1.07. The molecule has 0 radical (unpaired) electrons. The van der Waals surface area contributed by atoms with E-state index in [0.717, 1.165) is 6.42 Å². The highest BCUT2D eigenvalue weighted by Crippen LogP contribution is 2.45. The van der Waals surface area contributed by atoms with Crippen LogP contribution >= 0.6 is 0 Å². The number of rotatable bonds is 0. The monoisotopic (exact) mass is 177 g/mol. The highest BCUT2D eigenvalue weighted by molar-refractivity contribution is 5.02. The Kier molecular flexibility index (Phi) is 1.84. The van der Waals surface area contributed by atoms with Gasteiger partial charge in [0.2, 0.25) is 0 Å². The van der Waals surface area contributed by atoms with Gasteiger partial charge in [0.05, 0.1) is 18.6 Å². The van der Waals surface area contributed by atoms with Crippen molar-refractivity contribution < 1.29 is 13.5 Å². The average Bonchev–Trinajstić information content (AvgIpc) is 2.30. The quantitative estimate of drug-likeness (QED) is 0.596. The Bertz CT molecular complexity index is 178. The van der Waals surface area contributed by atoms with Gasteiger partial charge in [-0.3, -0.25) is 0 Å². The highest BCUT2D eigenvalue weighted by atomic mass is 19.3. The largest absolute Gasteiger partial charge is 0.381 e. The molecular formula is C8H13F2NO. The van der Waals surface area contributed by atoms with Crippen LogP contribution in [-0.4, -0.2) is 32.2 Å². The van der Waals surface area contributed by atoms with Gasteiger partial charge in [-0.2, -0.15) is 0 Å². The molecule has 0 aromatic carbocycles. The normalized spacial score (nSPS) is 40.5. The van der Waals surface area contributed by atoms with Gasteiger partial charge in [0.25, 0.3) is 5.92 Å². The number of nitrogens with one attached hydrogen (secondary N) is 1. The van der Waals surface area contributed by atoms with Crippen molar-refractivity contribution in [1.82, 2.24) is 5.32 Å². The second-order valence-electron chi connectivity index (χ2n) is 3.74. The minimum Gasteiger partial charge on any atom is -0.381 e. The molecule has 2 fully saturated rings. The van der Waals surface area contributed by atoms with Crippen LogP contribution in [0.1, 0.15) is 12.8 Å². The lowest BCUT2D eigenvalue weighted by atomic mass is 9.79. The van der Waals surface area contributed by atoms with E-state index in [0.29, 0.717) is 19.6 Å². The first-order valence-electron chi connectivity index (χ1n) is 4.33. The van der Waals surface area contributed by atoms with Crippen LogP contribution in [0.4, 0.5) is 8.78 Å². The fourth-order valence-corrected chi connectivity index (χ4v) is 2.06. The van der Waals surface area contributed by atoms with E-state index in [1.165, 1.54) is 0 Å². The van der Waals surface area contributed by atoms with E-state index >= 15 is 0 Å². The van der Waals surface area contributed by atoms with Crippen LogP contribution in [0.2, 0.25) is 0 Å². The summed E-state index contributed by atoms with van der Waals surface area (Å²) in [5.41, 5.74) is -0.898. The Morgan fingerprint density at radius 2 is 2.08 bits per heavy atom. The molecule has 1 unspecified atom stereocenters. The third-order valence-corrected chi connectivity index (χ3v) is 2.91. The lowest BCUT2D eigenvalue weighted by Crippen LogP contribution is -2.46. The van der Waals surface area contributed by atoms with Crippen LogP contribution in [0.5, 0.6) is 0 Å². The Morgan fingerprint density at radius 3 is 2.58 bits per heavy atom. The van der Waals surface area contributed by atoms with Crippen molar-refractivity contribution in [1.29, 1.82) is 0 Å². The van der Waals surface area contributed by atoms with Crippen LogP contribution in [0.3, 0.4) is 0 Å². The Balaban J connectivity index is 2.17. The molecule has 2 aliphatic heterocycles. The highest BCUT2D eigenvalue weighted by Gasteiger charge is 2.57. The van der Waals surface area contributed by atoms with E-state index in [2.05, 4.69) is 5.32 Å². The molecule has 2 rings (SSSR count). The first-order chi connectivity index (χ1) is 5.66. The maximum atomic E-state index is 13.3. The molecular weight excluding hydrogens is 164 g/mol. The molecule has 1 spiro atoms. The molecule has 1 atom stereocenters. The molecule has 1 N–H and O–H groups in total. The fourth-order valence-electron chi connectivity index (χ4n) is 2.06. The van der Waals surface area contributed by atoms with Gasteiger partial charge >= 0.3 is 0 Å². The van der Waals surface area contributed by atoms with Crippen LogP contribution in [0.25, 0.3) is 0 Å². The molecule has 4 heteroatoms. The number of ether oxygens (including phenoxy) is 1. The maximum absolute atomic E-state index is 13.3. The second kappa shape index (κ2) is 2.64. The third kappa shape index (κ3) is 1.05. The predicted molar refractivity (Wildman–Crippen MR) is 40.3 cm³/mol. The fraction of sp³-hybridized carbons (Fsp3) is 1.00. The van der Waals surface area contributed by atoms with Crippen molar-refractivity contribution in [2.24, 2.45) is 5.41 Å². The Hall–Kier alpha value is -0.220.